The number of hydrogen-bond donors (Lipinski definition) is 2. The number of benzene rings is 1. The summed E-state index contributed by atoms with van der Waals surface area (Å²) in [6.07, 6.45) is 5.24. The summed E-state index contributed by atoms with van der Waals surface area (Å²) in [5.74, 6) is -1.96. The Kier molecular flexibility index (Phi) is 6.00. The van der Waals surface area contributed by atoms with E-state index in [2.05, 4.69) is 10.6 Å². The fourth-order valence-corrected chi connectivity index (χ4v) is 6.75. The van der Waals surface area contributed by atoms with E-state index in [-0.39, 0.29) is 34.5 Å². The molecule has 1 aromatic carbocycles. The minimum Gasteiger partial charge on any atom is -0.456 e. The van der Waals surface area contributed by atoms with E-state index in [9.17, 15) is 23.6 Å². The zero-order valence-electron chi connectivity index (χ0n) is 17.8. The fraction of sp³-hybridized carbons (Fsp3) is 0.565. The van der Waals surface area contributed by atoms with Crippen LogP contribution in [0.2, 0.25) is 0 Å². The van der Waals surface area contributed by atoms with E-state index in [0.717, 1.165) is 38.2 Å². The zero-order valence-corrected chi connectivity index (χ0v) is 18.6. The Hall–Kier alpha value is -2.48. The van der Waals surface area contributed by atoms with Gasteiger partial charge >= 0.3 is 5.97 Å². The number of alkyl halides is 1. The van der Waals surface area contributed by atoms with Crippen molar-refractivity contribution in [3.63, 3.8) is 0 Å². The van der Waals surface area contributed by atoms with Crippen LogP contribution in [-0.4, -0.2) is 41.6 Å². The van der Waals surface area contributed by atoms with Crippen LogP contribution < -0.4 is 10.6 Å². The topological polar surface area (TPSA) is 102 Å². The number of carbonyl (C=O) groups is 4. The van der Waals surface area contributed by atoms with E-state index >= 15 is 0 Å². The van der Waals surface area contributed by atoms with Crippen LogP contribution in [0.4, 0.5) is 10.1 Å². The first-order valence-corrected chi connectivity index (χ1v) is 11.2. The van der Waals surface area contributed by atoms with Gasteiger partial charge in [0.1, 0.15) is 12.4 Å². The molecule has 2 atom stereocenters. The number of Topliss-reactive ketones (excluding diaryl/α,β-unsaturated/α-hetero) is 1. The molecule has 32 heavy (non-hydrogen) atoms. The average Bonchev–Trinajstić information content (AvgIpc) is 2.68. The highest BCUT2D eigenvalue weighted by atomic mass is 35.5. The van der Waals surface area contributed by atoms with Crippen molar-refractivity contribution in [1.29, 1.82) is 0 Å². The molecule has 0 heterocycles. The lowest BCUT2D eigenvalue weighted by molar-refractivity contribution is -0.149. The van der Waals surface area contributed by atoms with Crippen molar-refractivity contribution >= 4 is 40.9 Å². The number of nitrogens with one attached hydrogen (secondary N) is 2. The summed E-state index contributed by atoms with van der Waals surface area (Å²) in [6, 6.07) is 3.62. The second-order valence-corrected chi connectivity index (χ2v) is 10.3. The Morgan fingerprint density at radius 3 is 2.44 bits per heavy atom. The van der Waals surface area contributed by atoms with Crippen LogP contribution in [-0.2, 0) is 19.1 Å². The van der Waals surface area contributed by atoms with Crippen molar-refractivity contribution in [2.75, 3.05) is 18.5 Å². The largest absolute Gasteiger partial charge is 0.456 e. The van der Waals surface area contributed by atoms with Crippen LogP contribution in [0.15, 0.2) is 18.2 Å². The quantitative estimate of drug-likeness (QED) is 0.366. The highest BCUT2D eigenvalue weighted by Crippen LogP contribution is 2.63. The number of rotatable bonds is 7. The van der Waals surface area contributed by atoms with Gasteiger partial charge in [-0.3, -0.25) is 19.2 Å². The molecule has 0 radical (unpaired) electrons. The highest BCUT2D eigenvalue weighted by molar-refractivity contribution is 6.24. The van der Waals surface area contributed by atoms with Gasteiger partial charge in [-0.2, -0.15) is 0 Å². The molecule has 0 spiro atoms. The van der Waals surface area contributed by atoms with Gasteiger partial charge in [0.05, 0.1) is 11.0 Å². The first-order chi connectivity index (χ1) is 15.1. The second kappa shape index (κ2) is 8.46. The Labute approximate surface area is 190 Å². The molecule has 172 valence electrons. The summed E-state index contributed by atoms with van der Waals surface area (Å²) in [4.78, 5) is 47.9. The van der Waals surface area contributed by atoms with Crippen LogP contribution >= 0.6 is 11.6 Å². The number of ketones is 1. The first-order valence-electron chi connectivity index (χ1n) is 10.8. The van der Waals surface area contributed by atoms with E-state index in [4.69, 9.17) is 16.3 Å². The molecule has 0 unspecified atom stereocenters. The Morgan fingerprint density at radius 2 is 1.84 bits per heavy atom. The number of halogens is 2. The molecule has 4 fully saturated rings. The second-order valence-electron chi connectivity index (χ2n) is 9.53. The number of ether oxygens (including phenoxy) is 1. The molecule has 4 aliphatic carbocycles. The van der Waals surface area contributed by atoms with Gasteiger partial charge in [-0.25, -0.2) is 4.39 Å². The van der Waals surface area contributed by atoms with Crippen LogP contribution in [0.5, 0.6) is 0 Å². The predicted molar refractivity (Wildman–Crippen MR) is 115 cm³/mol. The number of carbonyl (C=O) groups excluding carboxylic acids is 4. The van der Waals surface area contributed by atoms with Crippen molar-refractivity contribution in [3.05, 3.63) is 29.6 Å². The monoisotopic (exact) mass is 464 g/mol. The Bertz CT molecular complexity index is 967. The maximum Gasteiger partial charge on any atom is 0.325 e. The molecule has 5 rings (SSSR count). The van der Waals surface area contributed by atoms with Gasteiger partial charge in [0, 0.05) is 17.5 Å². The third kappa shape index (κ3) is 4.65. The van der Waals surface area contributed by atoms with Gasteiger partial charge in [0.15, 0.2) is 6.61 Å². The van der Waals surface area contributed by atoms with Crippen molar-refractivity contribution in [2.24, 2.45) is 17.3 Å². The smallest absolute Gasteiger partial charge is 0.325 e. The maximum atomic E-state index is 14.1. The molecule has 1 aromatic rings. The van der Waals surface area contributed by atoms with Gasteiger partial charge in [-0.15, -0.1) is 11.6 Å². The molecular formula is C23H26ClFN2O5. The molecule has 4 bridgehead atoms. The van der Waals surface area contributed by atoms with Crippen molar-refractivity contribution in [1.82, 2.24) is 5.32 Å². The van der Waals surface area contributed by atoms with E-state index in [1.807, 2.05) is 0 Å². The minimum atomic E-state index is -0.831. The van der Waals surface area contributed by atoms with Gasteiger partial charge < -0.3 is 15.4 Å². The Morgan fingerprint density at radius 1 is 1.16 bits per heavy atom. The lowest BCUT2D eigenvalue weighted by Gasteiger charge is -2.59. The average molecular weight is 465 g/mol. The number of hydrogen-bond acceptors (Lipinski definition) is 5. The van der Waals surface area contributed by atoms with Gasteiger partial charge in [0.25, 0.3) is 0 Å². The molecule has 0 aliphatic heterocycles. The highest BCUT2D eigenvalue weighted by Gasteiger charge is 2.60. The SMILES string of the molecule is CC(=O)Nc1ccc(C(=O)COC(=O)CNC(=O)C23C[C@H]4C[C@@H](CC(Cl)(C4)C2)C3)c(F)c1. The summed E-state index contributed by atoms with van der Waals surface area (Å²) < 4.78 is 19.1. The van der Waals surface area contributed by atoms with E-state index in [1.54, 1.807) is 0 Å². The standard InChI is InChI=1S/C23H26ClFN2O5/c1-13(28)27-16-2-3-17(18(25)5-16)19(29)11-32-20(30)10-26-21(31)22-6-14-4-15(7-22)9-23(24,8-14)12-22/h2-3,5,14-15H,4,6-12H2,1H3,(H,26,31)(H,27,28)/t14-,15-,22?,23?/m1/s1. The first kappa shape index (κ1) is 22.7. The van der Waals surface area contributed by atoms with Gasteiger partial charge in [0.2, 0.25) is 17.6 Å². The van der Waals surface area contributed by atoms with Crippen LogP contribution in [0.25, 0.3) is 0 Å². The molecule has 7 nitrogen and oxygen atoms in total. The minimum absolute atomic E-state index is 0.181. The summed E-state index contributed by atoms with van der Waals surface area (Å²) in [5, 5.41) is 5.07. The van der Waals surface area contributed by atoms with Crippen LogP contribution in [0.3, 0.4) is 0 Å². The third-order valence-electron chi connectivity index (χ3n) is 6.82. The lowest BCUT2D eigenvalue weighted by Crippen LogP contribution is -2.58. The van der Waals surface area contributed by atoms with E-state index < -0.39 is 29.6 Å². The number of anilines is 1. The molecular weight excluding hydrogens is 439 g/mol. The predicted octanol–water partition coefficient (Wildman–Crippen LogP) is 3.20. The van der Waals surface area contributed by atoms with Crippen LogP contribution in [0.1, 0.15) is 55.8 Å². The van der Waals surface area contributed by atoms with Crippen molar-refractivity contribution in [2.45, 2.75) is 50.3 Å². The Balaban J connectivity index is 1.27. The molecule has 0 saturated heterocycles. The lowest BCUT2D eigenvalue weighted by atomic mass is 9.49. The van der Waals surface area contributed by atoms with E-state index in [0.29, 0.717) is 18.3 Å². The number of esters is 1. The van der Waals surface area contributed by atoms with Gasteiger partial charge in [-0.1, -0.05) is 0 Å². The molecule has 2 N–H and O–H groups in total. The number of amides is 2. The zero-order chi connectivity index (χ0) is 23.1. The summed E-state index contributed by atoms with van der Waals surface area (Å²) >= 11 is 6.76. The summed E-state index contributed by atoms with van der Waals surface area (Å²) in [7, 11) is 0. The summed E-state index contributed by atoms with van der Waals surface area (Å²) in [5.41, 5.74) is -0.563. The third-order valence-corrected chi connectivity index (χ3v) is 7.26. The molecule has 9 heteroatoms. The van der Waals surface area contributed by atoms with Gasteiger partial charge in [-0.05, 0) is 68.6 Å². The van der Waals surface area contributed by atoms with Crippen molar-refractivity contribution in [3.8, 4) is 0 Å². The molecule has 4 saturated carbocycles. The maximum absolute atomic E-state index is 14.1. The molecule has 4 aliphatic rings. The normalized spacial score (nSPS) is 30.0. The van der Waals surface area contributed by atoms with Crippen LogP contribution in [0, 0.1) is 23.1 Å². The van der Waals surface area contributed by atoms with E-state index in [1.165, 1.54) is 19.1 Å². The molecule has 0 aromatic heterocycles. The van der Waals surface area contributed by atoms with Crippen molar-refractivity contribution < 1.29 is 28.3 Å². The molecule has 2 amide bonds. The summed E-state index contributed by atoms with van der Waals surface area (Å²) in [6.45, 7) is 0.278. The fourth-order valence-electron chi connectivity index (χ4n) is 6.05.